The molecule has 0 fully saturated rings. The van der Waals surface area contributed by atoms with Crippen molar-refractivity contribution < 1.29 is 29.6 Å². The van der Waals surface area contributed by atoms with Crippen LogP contribution < -0.4 is 10.2 Å². The third-order valence-corrected chi connectivity index (χ3v) is 3.69. The van der Waals surface area contributed by atoms with E-state index in [9.17, 15) is 25.2 Å². The van der Waals surface area contributed by atoms with Crippen molar-refractivity contribution >= 4 is 11.0 Å². The van der Waals surface area contributed by atoms with Crippen molar-refractivity contribution in [2.24, 2.45) is 0 Å². The van der Waals surface area contributed by atoms with E-state index in [0.717, 1.165) is 0 Å². The predicted molar refractivity (Wildman–Crippen MR) is 81.1 cm³/mol. The molecular formula is C16H14O7. The zero-order chi connectivity index (χ0) is 16.7. The summed E-state index contributed by atoms with van der Waals surface area (Å²) in [6.45, 7) is 0. The van der Waals surface area contributed by atoms with E-state index in [1.807, 2.05) is 0 Å². The van der Waals surface area contributed by atoms with Crippen LogP contribution in [-0.4, -0.2) is 27.5 Å². The summed E-state index contributed by atoms with van der Waals surface area (Å²) in [5, 5.41) is 38.8. The minimum Gasteiger partial charge on any atom is -0.508 e. The molecule has 7 nitrogen and oxygen atoms in total. The Labute approximate surface area is 130 Å². The fourth-order valence-electron chi connectivity index (χ4n) is 2.56. The van der Waals surface area contributed by atoms with Crippen molar-refractivity contribution in [3.63, 3.8) is 0 Å². The van der Waals surface area contributed by atoms with Gasteiger partial charge in [-0.3, -0.25) is 4.79 Å². The Balaban J connectivity index is 2.25. The quantitative estimate of drug-likeness (QED) is 0.671. The Morgan fingerprint density at radius 3 is 2.57 bits per heavy atom. The number of aromatic hydroxyl groups is 2. The van der Waals surface area contributed by atoms with Crippen LogP contribution >= 0.6 is 0 Å². The molecule has 1 aliphatic rings. The summed E-state index contributed by atoms with van der Waals surface area (Å²) in [6.07, 6.45) is 2.86. The van der Waals surface area contributed by atoms with Gasteiger partial charge in [0, 0.05) is 18.1 Å². The predicted octanol–water partition coefficient (Wildman–Crippen LogP) is 2.58. The van der Waals surface area contributed by atoms with Crippen molar-refractivity contribution in [2.45, 2.75) is 12.3 Å². The number of benzene rings is 1. The number of allylic oxidation sites excluding steroid dienone is 2. The van der Waals surface area contributed by atoms with Gasteiger partial charge in [0.15, 0.2) is 17.3 Å². The van der Waals surface area contributed by atoms with E-state index in [0.29, 0.717) is 0 Å². The molecule has 0 bridgehead atoms. The van der Waals surface area contributed by atoms with Crippen molar-refractivity contribution in [2.75, 3.05) is 7.11 Å². The number of ether oxygens (including phenoxy) is 1. The van der Waals surface area contributed by atoms with Gasteiger partial charge in [-0.1, -0.05) is 0 Å². The summed E-state index contributed by atoms with van der Waals surface area (Å²) in [6, 6.07) is 2.48. The van der Waals surface area contributed by atoms with Crippen LogP contribution in [0.3, 0.4) is 0 Å². The van der Waals surface area contributed by atoms with E-state index in [2.05, 4.69) is 0 Å². The second-order valence-corrected chi connectivity index (χ2v) is 5.15. The molecule has 0 unspecified atom stereocenters. The number of methoxy groups -OCH3 is 1. The van der Waals surface area contributed by atoms with Crippen LogP contribution in [0.5, 0.6) is 17.2 Å². The molecule has 2 aromatic rings. The minimum absolute atomic E-state index is 0.00829. The van der Waals surface area contributed by atoms with Crippen molar-refractivity contribution in [3.8, 4) is 17.2 Å². The lowest BCUT2D eigenvalue weighted by Gasteiger charge is -2.17. The molecule has 0 spiro atoms. The molecular weight excluding hydrogens is 304 g/mol. The van der Waals surface area contributed by atoms with Crippen LogP contribution in [0.1, 0.15) is 18.1 Å². The van der Waals surface area contributed by atoms with Gasteiger partial charge < -0.3 is 29.6 Å². The van der Waals surface area contributed by atoms with Crippen LogP contribution in [0.15, 0.2) is 45.0 Å². The fraction of sp³-hybridized carbons (Fsp3) is 0.188. The standard InChI is InChI=1S/C16H14O7/c1-22-11-5-8(17)6-12-13(11)14(20)15(21)16(23-12)7-2-3-9(18)10(19)4-7/h3-7,17-19,21H,2H2,1H3/t7-/m1/s1. The van der Waals surface area contributed by atoms with Gasteiger partial charge in [-0.05, 0) is 18.6 Å². The lowest BCUT2D eigenvalue weighted by Crippen LogP contribution is -2.10. The van der Waals surface area contributed by atoms with Gasteiger partial charge in [0.05, 0.1) is 7.11 Å². The number of phenols is 1. The first kappa shape index (κ1) is 14.8. The highest BCUT2D eigenvalue weighted by molar-refractivity contribution is 5.86. The molecule has 0 amide bonds. The van der Waals surface area contributed by atoms with Crippen molar-refractivity contribution in [1.82, 2.24) is 0 Å². The van der Waals surface area contributed by atoms with Crippen LogP contribution in [0.4, 0.5) is 0 Å². The molecule has 1 aromatic heterocycles. The number of fused-ring (bicyclic) bond motifs is 1. The molecule has 1 atom stereocenters. The SMILES string of the molecule is COc1cc(O)cc2oc([C@H]3C=C(O)C(O)=CC3)c(O)c(=O)c12. The zero-order valence-electron chi connectivity index (χ0n) is 12.1. The number of rotatable bonds is 2. The second-order valence-electron chi connectivity index (χ2n) is 5.15. The first-order chi connectivity index (χ1) is 10.9. The van der Waals surface area contributed by atoms with Gasteiger partial charge in [0.2, 0.25) is 11.2 Å². The molecule has 1 heterocycles. The number of aliphatic hydroxyl groups is 2. The Kier molecular flexibility index (Phi) is 3.40. The molecule has 0 saturated carbocycles. The Bertz CT molecular complexity index is 905. The van der Waals surface area contributed by atoms with Crippen LogP contribution in [0.25, 0.3) is 11.0 Å². The van der Waals surface area contributed by atoms with Gasteiger partial charge in [-0.25, -0.2) is 0 Å². The first-order valence-electron chi connectivity index (χ1n) is 6.79. The fourth-order valence-corrected chi connectivity index (χ4v) is 2.56. The van der Waals surface area contributed by atoms with E-state index in [1.165, 1.54) is 31.4 Å². The summed E-state index contributed by atoms with van der Waals surface area (Å²) in [4.78, 5) is 12.4. The third kappa shape index (κ3) is 2.36. The summed E-state index contributed by atoms with van der Waals surface area (Å²) in [5.41, 5.74) is -0.656. The maximum atomic E-state index is 12.4. The molecule has 1 aliphatic carbocycles. The molecule has 3 rings (SSSR count). The summed E-state index contributed by atoms with van der Waals surface area (Å²) in [5.74, 6) is -2.02. The van der Waals surface area contributed by atoms with E-state index in [4.69, 9.17) is 9.15 Å². The van der Waals surface area contributed by atoms with Crippen molar-refractivity contribution in [1.29, 1.82) is 0 Å². The van der Waals surface area contributed by atoms with E-state index in [-0.39, 0.29) is 46.2 Å². The number of hydrogen-bond donors (Lipinski definition) is 4. The monoisotopic (exact) mass is 318 g/mol. The van der Waals surface area contributed by atoms with Crippen molar-refractivity contribution in [3.05, 3.63) is 51.8 Å². The first-order valence-corrected chi connectivity index (χ1v) is 6.79. The Morgan fingerprint density at radius 1 is 1.17 bits per heavy atom. The lowest BCUT2D eigenvalue weighted by molar-refractivity contribution is 0.313. The number of phenolic OH excluding ortho intramolecular Hbond substituents is 1. The number of hydrogen-bond acceptors (Lipinski definition) is 7. The lowest BCUT2D eigenvalue weighted by atomic mass is 9.95. The Morgan fingerprint density at radius 2 is 1.91 bits per heavy atom. The normalized spacial score (nSPS) is 17.7. The smallest absolute Gasteiger partial charge is 0.238 e. The Hall–Kier alpha value is -3.09. The molecule has 0 aliphatic heterocycles. The van der Waals surface area contributed by atoms with Gasteiger partial charge in [0.1, 0.15) is 22.5 Å². The zero-order valence-corrected chi connectivity index (χ0v) is 12.1. The maximum Gasteiger partial charge on any atom is 0.238 e. The van der Waals surface area contributed by atoms with Gasteiger partial charge in [-0.15, -0.1) is 0 Å². The molecule has 23 heavy (non-hydrogen) atoms. The van der Waals surface area contributed by atoms with Crippen LogP contribution in [0, 0.1) is 0 Å². The molecule has 0 saturated heterocycles. The topological polar surface area (TPSA) is 120 Å². The van der Waals surface area contributed by atoms with Crippen LogP contribution in [-0.2, 0) is 0 Å². The van der Waals surface area contributed by atoms with E-state index < -0.39 is 17.1 Å². The molecule has 120 valence electrons. The minimum atomic E-state index is -0.704. The average molecular weight is 318 g/mol. The summed E-state index contributed by atoms with van der Waals surface area (Å²) < 4.78 is 10.6. The molecule has 1 aromatic carbocycles. The summed E-state index contributed by atoms with van der Waals surface area (Å²) in [7, 11) is 1.33. The second kappa shape index (κ2) is 5.28. The van der Waals surface area contributed by atoms with E-state index in [1.54, 1.807) is 0 Å². The van der Waals surface area contributed by atoms with Crippen LogP contribution in [0.2, 0.25) is 0 Å². The van der Waals surface area contributed by atoms with Gasteiger partial charge in [0.25, 0.3) is 0 Å². The molecule has 0 radical (unpaired) electrons. The third-order valence-electron chi connectivity index (χ3n) is 3.69. The van der Waals surface area contributed by atoms with Gasteiger partial charge in [-0.2, -0.15) is 0 Å². The molecule has 7 heteroatoms. The maximum absolute atomic E-state index is 12.4. The molecule has 4 N–H and O–H groups in total. The van der Waals surface area contributed by atoms with E-state index >= 15 is 0 Å². The average Bonchev–Trinajstić information content (AvgIpc) is 2.52. The highest BCUT2D eigenvalue weighted by atomic mass is 16.5. The highest BCUT2D eigenvalue weighted by Gasteiger charge is 2.25. The van der Waals surface area contributed by atoms with Gasteiger partial charge >= 0.3 is 0 Å². The highest BCUT2D eigenvalue weighted by Crippen LogP contribution is 2.37. The number of aliphatic hydroxyl groups excluding tert-OH is 2. The largest absolute Gasteiger partial charge is 0.508 e. The summed E-state index contributed by atoms with van der Waals surface area (Å²) >= 11 is 0.